The van der Waals surface area contributed by atoms with E-state index in [1.165, 1.54) is 11.8 Å². The zero-order valence-corrected chi connectivity index (χ0v) is 17.2. The summed E-state index contributed by atoms with van der Waals surface area (Å²) in [6.07, 6.45) is -3.16. The van der Waals surface area contributed by atoms with E-state index in [2.05, 4.69) is 5.32 Å². The third kappa shape index (κ3) is 7.06. The number of carbonyl (C=O) groups is 1. The second-order valence-corrected chi connectivity index (χ2v) is 8.08. The highest BCUT2D eigenvalue weighted by Crippen LogP contribution is 2.41. The molecule has 0 aromatic heterocycles. The maximum Gasteiger partial charge on any atom is 0.490 e. The van der Waals surface area contributed by atoms with Gasteiger partial charge in [0, 0.05) is 20.4 Å². The molecule has 0 saturated carbocycles. The van der Waals surface area contributed by atoms with E-state index < -0.39 is 12.1 Å². The van der Waals surface area contributed by atoms with Crippen LogP contribution in [0.15, 0.2) is 46.2 Å². The summed E-state index contributed by atoms with van der Waals surface area (Å²) in [5.74, 6) is -2.62. The fourth-order valence-corrected chi connectivity index (χ4v) is 4.36. The van der Waals surface area contributed by atoms with Gasteiger partial charge in [-0.1, -0.05) is 41.0 Å². The van der Waals surface area contributed by atoms with Crippen molar-refractivity contribution in [3.63, 3.8) is 0 Å². The van der Waals surface area contributed by atoms with E-state index in [0.717, 1.165) is 41.3 Å². The predicted octanol–water partition coefficient (Wildman–Crippen LogP) is 6.38. The summed E-state index contributed by atoms with van der Waals surface area (Å²) in [5.41, 5.74) is 0.819. The molecule has 2 aromatic carbocycles. The second kappa shape index (κ2) is 10.5. The molecule has 10 heteroatoms. The minimum absolute atomic E-state index is 0.123. The molecule has 0 spiro atoms. The lowest BCUT2D eigenvalue weighted by molar-refractivity contribution is -0.192. The quantitative estimate of drug-likeness (QED) is 0.511. The molecule has 1 heterocycles. The molecule has 0 amide bonds. The number of carboxylic acids is 1. The summed E-state index contributed by atoms with van der Waals surface area (Å²) in [5, 5.41) is 11.6. The molecule has 158 valence electrons. The first-order valence-electron chi connectivity index (χ1n) is 8.51. The van der Waals surface area contributed by atoms with Gasteiger partial charge in [0.15, 0.2) is 0 Å². The Balaban J connectivity index is 0.000000370. The zero-order chi connectivity index (χ0) is 21.6. The van der Waals surface area contributed by atoms with Gasteiger partial charge in [0.05, 0.1) is 5.02 Å². The standard InChI is InChI=1S/C17H16Cl2FNS.C2HF3O2/c18-12-4-5-15(13(19)10-12)22-16-3-1-2-14(20)17(16)11-6-8-21-9-7-11;3-2(4,5)1(6)7/h1-5,10-11,21H,6-9H2;(H,6,7). The summed E-state index contributed by atoms with van der Waals surface area (Å²) < 4.78 is 46.2. The van der Waals surface area contributed by atoms with Gasteiger partial charge in [0.25, 0.3) is 0 Å². The topological polar surface area (TPSA) is 49.3 Å². The number of nitrogens with one attached hydrogen (secondary N) is 1. The number of hydrogen-bond acceptors (Lipinski definition) is 3. The predicted molar refractivity (Wildman–Crippen MR) is 106 cm³/mol. The Morgan fingerprint density at radius 2 is 1.72 bits per heavy atom. The molecule has 0 aliphatic carbocycles. The fraction of sp³-hybridized carbons (Fsp3) is 0.316. The van der Waals surface area contributed by atoms with Crippen LogP contribution < -0.4 is 5.32 Å². The lowest BCUT2D eigenvalue weighted by atomic mass is 9.90. The van der Waals surface area contributed by atoms with Gasteiger partial charge >= 0.3 is 12.1 Å². The van der Waals surface area contributed by atoms with Crippen LogP contribution in [0.25, 0.3) is 0 Å². The fourth-order valence-electron chi connectivity index (χ4n) is 2.79. The van der Waals surface area contributed by atoms with Crippen molar-refractivity contribution >= 4 is 40.9 Å². The summed E-state index contributed by atoms with van der Waals surface area (Å²) in [7, 11) is 0. The number of benzene rings is 2. The summed E-state index contributed by atoms with van der Waals surface area (Å²) in [4.78, 5) is 10.7. The van der Waals surface area contributed by atoms with Gasteiger partial charge in [-0.15, -0.1) is 0 Å². The Hall–Kier alpha value is -1.48. The first-order chi connectivity index (χ1) is 13.6. The molecule has 0 atom stereocenters. The first-order valence-corrected chi connectivity index (χ1v) is 10.1. The first kappa shape index (κ1) is 23.8. The lowest BCUT2D eigenvalue weighted by Crippen LogP contribution is -2.27. The molecular formula is C19H17Cl2F4NO2S. The number of carboxylic acid groups (broad SMARTS) is 1. The molecule has 1 saturated heterocycles. The van der Waals surface area contributed by atoms with E-state index in [1.807, 2.05) is 12.1 Å². The third-order valence-corrected chi connectivity index (χ3v) is 5.93. The van der Waals surface area contributed by atoms with Crippen molar-refractivity contribution in [3.05, 3.63) is 57.8 Å². The van der Waals surface area contributed by atoms with Gasteiger partial charge in [0.2, 0.25) is 0 Å². The van der Waals surface area contributed by atoms with Gasteiger partial charge in [-0.2, -0.15) is 13.2 Å². The SMILES string of the molecule is Fc1cccc(Sc2ccc(Cl)cc2Cl)c1C1CCNCC1.O=C(O)C(F)(F)F. The smallest absolute Gasteiger partial charge is 0.475 e. The molecular weight excluding hydrogens is 453 g/mol. The van der Waals surface area contributed by atoms with Crippen LogP contribution in [0, 0.1) is 5.82 Å². The molecule has 2 aromatic rings. The van der Waals surface area contributed by atoms with Gasteiger partial charge in [0.1, 0.15) is 5.82 Å². The molecule has 0 unspecified atom stereocenters. The van der Waals surface area contributed by atoms with Crippen LogP contribution >= 0.6 is 35.0 Å². The van der Waals surface area contributed by atoms with Crippen molar-refractivity contribution in [2.24, 2.45) is 0 Å². The Morgan fingerprint density at radius 3 is 2.28 bits per heavy atom. The summed E-state index contributed by atoms with van der Waals surface area (Å²) >= 11 is 13.7. The second-order valence-electron chi connectivity index (χ2n) is 6.16. The van der Waals surface area contributed by atoms with E-state index in [1.54, 1.807) is 24.3 Å². The molecule has 0 radical (unpaired) electrons. The average Bonchev–Trinajstić information content (AvgIpc) is 2.64. The van der Waals surface area contributed by atoms with Gasteiger partial charge in [-0.25, -0.2) is 9.18 Å². The minimum Gasteiger partial charge on any atom is -0.475 e. The molecule has 0 bridgehead atoms. The largest absolute Gasteiger partial charge is 0.490 e. The van der Waals surface area contributed by atoms with E-state index in [9.17, 15) is 17.6 Å². The van der Waals surface area contributed by atoms with Crippen LogP contribution in [0.4, 0.5) is 17.6 Å². The minimum atomic E-state index is -5.08. The van der Waals surface area contributed by atoms with Crippen molar-refractivity contribution in [1.29, 1.82) is 0 Å². The number of alkyl halides is 3. The molecule has 3 nitrogen and oxygen atoms in total. The van der Waals surface area contributed by atoms with Crippen LogP contribution in [0.3, 0.4) is 0 Å². The maximum absolute atomic E-state index is 14.4. The van der Waals surface area contributed by atoms with Crippen LogP contribution in [0.5, 0.6) is 0 Å². The highest BCUT2D eigenvalue weighted by Gasteiger charge is 2.38. The molecule has 2 N–H and O–H groups in total. The molecule has 1 aliphatic rings. The van der Waals surface area contributed by atoms with Crippen LogP contribution in [-0.4, -0.2) is 30.3 Å². The molecule has 29 heavy (non-hydrogen) atoms. The highest BCUT2D eigenvalue weighted by molar-refractivity contribution is 7.99. The Bertz CT molecular complexity index is 859. The van der Waals surface area contributed by atoms with E-state index in [0.29, 0.717) is 10.0 Å². The lowest BCUT2D eigenvalue weighted by Gasteiger charge is -2.25. The molecule has 1 aliphatic heterocycles. The van der Waals surface area contributed by atoms with Crippen molar-refractivity contribution in [2.75, 3.05) is 13.1 Å². The highest BCUT2D eigenvalue weighted by atomic mass is 35.5. The maximum atomic E-state index is 14.4. The van der Waals surface area contributed by atoms with Crippen LogP contribution in [0.2, 0.25) is 10.0 Å². The van der Waals surface area contributed by atoms with E-state index in [-0.39, 0.29) is 11.7 Å². The van der Waals surface area contributed by atoms with E-state index >= 15 is 0 Å². The number of piperidine rings is 1. The van der Waals surface area contributed by atoms with Crippen molar-refractivity contribution in [3.8, 4) is 0 Å². The molecule has 3 rings (SSSR count). The Labute approximate surface area is 179 Å². The normalized spacial score (nSPS) is 14.8. The summed E-state index contributed by atoms with van der Waals surface area (Å²) in [6.45, 7) is 1.87. The Morgan fingerprint density at radius 1 is 1.10 bits per heavy atom. The van der Waals surface area contributed by atoms with Crippen molar-refractivity contribution in [1.82, 2.24) is 5.32 Å². The summed E-state index contributed by atoms with van der Waals surface area (Å²) in [6, 6.07) is 10.7. The number of hydrogen-bond donors (Lipinski definition) is 2. The van der Waals surface area contributed by atoms with Crippen LogP contribution in [0.1, 0.15) is 24.3 Å². The number of halogens is 6. The number of rotatable bonds is 3. The zero-order valence-electron chi connectivity index (χ0n) is 14.9. The molecule has 1 fully saturated rings. The van der Waals surface area contributed by atoms with Gasteiger partial charge < -0.3 is 10.4 Å². The van der Waals surface area contributed by atoms with Crippen molar-refractivity contribution < 1.29 is 27.5 Å². The average molecular weight is 470 g/mol. The number of aliphatic carboxylic acids is 1. The van der Waals surface area contributed by atoms with Gasteiger partial charge in [-0.3, -0.25) is 0 Å². The third-order valence-electron chi connectivity index (χ3n) is 4.12. The van der Waals surface area contributed by atoms with Crippen LogP contribution in [-0.2, 0) is 4.79 Å². The van der Waals surface area contributed by atoms with Gasteiger partial charge in [-0.05, 0) is 62.2 Å². The van der Waals surface area contributed by atoms with E-state index in [4.69, 9.17) is 33.1 Å². The van der Waals surface area contributed by atoms with Crippen molar-refractivity contribution in [2.45, 2.75) is 34.7 Å². The monoisotopic (exact) mass is 469 g/mol. The Kier molecular flexibility index (Phi) is 8.63.